The number of halogens is 3. The first-order chi connectivity index (χ1) is 11.9. The number of carbonyl (C=O) groups excluding carboxylic acids is 1. The predicted molar refractivity (Wildman–Crippen MR) is 89.1 cm³/mol. The molecule has 1 aromatic carbocycles. The van der Waals surface area contributed by atoms with Gasteiger partial charge in [0.2, 0.25) is 5.91 Å². The molecule has 8 heteroatoms. The van der Waals surface area contributed by atoms with Gasteiger partial charge in [-0.05, 0) is 30.3 Å². The van der Waals surface area contributed by atoms with Crippen molar-refractivity contribution in [3.8, 4) is 10.7 Å². The van der Waals surface area contributed by atoms with Crippen molar-refractivity contribution in [1.29, 1.82) is 0 Å². The van der Waals surface area contributed by atoms with Crippen LogP contribution < -0.4 is 5.32 Å². The smallest absolute Gasteiger partial charge is 0.326 e. The number of alkyl halides is 3. The zero-order chi connectivity index (χ0) is 17.9. The molecule has 0 radical (unpaired) electrons. The average molecular weight is 363 g/mol. The van der Waals surface area contributed by atoms with E-state index in [1.165, 1.54) is 23.5 Å². The number of hydrogen-bond donors (Lipinski definition) is 1. The van der Waals surface area contributed by atoms with Gasteiger partial charge >= 0.3 is 6.18 Å². The highest BCUT2D eigenvalue weighted by molar-refractivity contribution is 7.13. The molecular weight excluding hydrogens is 351 g/mol. The Labute approximate surface area is 145 Å². The summed E-state index contributed by atoms with van der Waals surface area (Å²) in [5, 5.41) is 4.88. The molecule has 3 rings (SSSR count). The lowest BCUT2D eigenvalue weighted by Crippen LogP contribution is -2.15. The first-order valence-electron chi connectivity index (χ1n) is 7.25. The van der Waals surface area contributed by atoms with E-state index < -0.39 is 17.6 Å². The minimum atomic E-state index is -4.45. The van der Waals surface area contributed by atoms with Crippen molar-refractivity contribution in [2.75, 3.05) is 5.32 Å². The molecule has 0 aliphatic rings. The van der Waals surface area contributed by atoms with E-state index in [1.54, 1.807) is 17.6 Å². The van der Waals surface area contributed by atoms with Crippen LogP contribution in [0.1, 0.15) is 11.3 Å². The summed E-state index contributed by atoms with van der Waals surface area (Å²) in [5.74, 6) is -0.433. The van der Waals surface area contributed by atoms with Crippen molar-refractivity contribution >= 4 is 22.9 Å². The third kappa shape index (κ3) is 4.42. The predicted octanol–water partition coefficient (Wildman–Crippen LogP) is 4.41. The summed E-state index contributed by atoms with van der Waals surface area (Å²) in [5.41, 5.74) is 0.531. The topological polar surface area (TPSA) is 54.9 Å². The van der Waals surface area contributed by atoms with Crippen molar-refractivity contribution < 1.29 is 18.0 Å². The van der Waals surface area contributed by atoms with Gasteiger partial charge in [0, 0.05) is 17.3 Å². The molecule has 0 saturated heterocycles. The number of carbonyl (C=O) groups is 1. The third-order valence-electron chi connectivity index (χ3n) is 3.25. The lowest BCUT2D eigenvalue weighted by atomic mass is 10.2. The molecule has 1 amide bonds. The Balaban J connectivity index is 1.67. The number of benzene rings is 1. The summed E-state index contributed by atoms with van der Waals surface area (Å²) in [6.45, 7) is 0. The molecule has 0 saturated carbocycles. The number of anilines is 1. The van der Waals surface area contributed by atoms with Gasteiger partial charge in [-0.2, -0.15) is 13.2 Å². The van der Waals surface area contributed by atoms with E-state index in [9.17, 15) is 18.0 Å². The summed E-state index contributed by atoms with van der Waals surface area (Å²) in [7, 11) is 0. The molecule has 1 N–H and O–H groups in total. The molecule has 0 fully saturated rings. The van der Waals surface area contributed by atoms with Crippen LogP contribution in [-0.4, -0.2) is 15.9 Å². The van der Waals surface area contributed by atoms with Gasteiger partial charge < -0.3 is 5.32 Å². The quantitative estimate of drug-likeness (QED) is 0.747. The molecule has 0 bridgehead atoms. The summed E-state index contributed by atoms with van der Waals surface area (Å²) in [6, 6.07) is 9.96. The number of rotatable bonds is 4. The van der Waals surface area contributed by atoms with Crippen molar-refractivity contribution in [1.82, 2.24) is 9.97 Å². The maximum Gasteiger partial charge on any atom is 0.416 e. The van der Waals surface area contributed by atoms with E-state index in [-0.39, 0.29) is 12.1 Å². The molecule has 4 nitrogen and oxygen atoms in total. The van der Waals surface area contributed by atoms with Gasteiger partial charge in [0.15, 0.2) is 0 Å². The fourth-order valence-electron chi connectivity index (χ4n) is 2.14. The highest BCUT2D eigenvalue weighted by Crippen LogP contribution is 2.30. The Morgan fingerprint density at radius 2 is 2.00 bits per heavy atom. The number of amides is 1. The van der Waals surface area contributed by atoms with E-state index in [0.717, 1.165) is 12.1 Å². The highest BCUT2D eigenvalue weighted by atomic mass is 32.1. The number of hydrogen-bond acceptors (Lipinski definition) is 4. The zero-order valence-corrected chi connectivity index (χ0v) is 13.6. The lowest BCUT2D eigenvalue weighted by Gasteiger charge is -2.09. The molecule has 3 aromatic rings. The fraction of sp³-hybridized carbons (Fsp3) is 0.118. The second-order valence-corrected chi connectivity index (χ2v) is 6.02. The van der Waals surface area contributed by atoms with Crippen LogP contribution in [0.25, 0.3) is 10.7 Å². The van der Waals surface area contributed by atoms with Crippen molar-refractivity contribution in [2.45, 2.75) is 12.6 Å². The number of thiazole rings is 1. The van der Waals surface area contributed by atoms with Crippen LogP contribution in [0.15, 0.2) is 54.0 Å². The standard InChI is InChI=1S/C17H12F3N3OS/c18-17(19,20)11-4-3-5-12(8-11)22-15(24)9-13-10-25-16(23-13)14-6-1-2-7-21-14/h1-8,10H,9H2,(H,22,24). The van der Waals surface area contributed by atoms with E-state index in [4.69, 9.17) is 0 Å². The van der Waals surface area contributed by atoms with Crippen LogP contribution in [0.5, 0.6) is 0 Å². The van der Waals surface area contributed by atoms with Crippen LogP contribution in [0.4, 0.5) is 18.9 Å². The summed E-state index contributed by atoms with van der Waals surface area (Å²) < 4.78 is 38.1. The average Bonchev–Trinajstić information content (AvgIpc) is 3.03. The van der Waals surface area contributed by atoms with Gasteiger partial charge in [-0.1, -0.05) is 12.1 Å². The summed E-state index contributed by atoms with van der Waals surface area (Å²) in [6.07, 6.45) is -2.83. The van der Waals surface area contributed by atoms with E-state index >= 15 is 0 Å². The normalized spacial score (nSPS) is 11.3. The van der Waals surface area contributed by atoms with Crippen LogP contribution in [0.2, 0.25) is 0 Å². The van der Waals surface area contributed by atoms with Crippen molar-refractivity contribution in [3.63, 3.8) is 0 Å². The highest BCUT2D eigenvalue weighted by Gasteiger charge is 2.30. The third-order valence-corrected chi connectivity index (χ3v) is 4.16. The van der Waals surface area contributed by atoms with Gasteiger partial charge in [-0.25, -0.2) is 4.98 Å². The molecular formula is C17H12F3N3OS. The molecule has 0 aliphatic heterocycles. The van der Waals surface area contributed by atoms with Crippen molar-refractivity contribution in [2.24, 2.45) is 0 Å². The molecule has 2 heterocycles. The van der Waals surface area contributed by atoms with Crippen molar-refractivity contribution in [3.05, 3.63) is 65.3 Å². The van der Waals surface area contributed by atoms with Gasteiger partial charge in [0.1, 0.15) is 5.01 Å². The van der Waals surface area contributed by atoms with E-state index in [2.05, 4.69) is 15.3 Å². The van der Waals surface area contributed by atoms with E-state index in [1.807, 2.05) is 12.1 Å². The minimum absolute atomic E-state index is 0.0282. The second-order valence-electron chi connectivity index (χ2n) is 5.16. The van der Waals surface area contributed by atoms with Gasteiger partial charge in [0.05, 0.1) is 23.4 Å². The van der Waals surface area contributed by atoms with E-state index in [0.29, 0.717) is 16.4 Å². The second kappa shape index (κ2) is 7.02. The maximum absolute atomic E-state index is 12.7. The Bertz CT molecular complexity index is 878. The molecule has 0 atom stereocenters. The van der Waals surface area contributed by atoms with Crippen LogP contribution in [0.3, 0.4) is 0 Å². The summed E-state index contributed by atoms with van der Waals surface area (Å²) in [4.78, 5) is 20.6. The Hall–Kier alpha value is -2.74. The molecule has 25 heavy (non-hydrogen) atoms. The molecule has 0 spiro atoms. The monoisotopic (exact) mass is 363 g/mol. The molecule has 2 aromatic heterocycles. The van der Waals surface area contributed by atoms with Crippen LogP contribution >= 0.6 is 11.3 Å². The zero-order valence-electron chi connectivity index (χ0n) is 12.7. The largest absolute Gasteiger partial charge is 0.416 e. The Morgan fingerprint density at radius 3 is 2.72 bits per heavy atom. The first-order valence-corrected chi connectivity index (χ1v) is 8.13. The fourth-order valence-corrected chi connectivity index (χ4v) is 2.93. The first kappa shape index (κ1) is 17.1. The van der Waals surface area contributed by atoms with Crippen LogP contribution in [0, 0.1) is 0 Å². The molecule has 0 unspecified atom stereocenters. The number of pyridine rings is 1. The Morgan fingerprint density at radius 1 is 1.16 bits per heavy atom. The van der Waals surface area contributed by atoms with Crippen LogP contribution in [-0.2, 0) is 17.4 Å². The minimum Gasteiger partial charge on any atom is -0.326 e. The molecule has 0 aliphatic carbocycles. The number of aromatic nitrogens is 2. The van der Waals surface area contributed by atoms with Gasteiger partial charge in [0.25, 0.3) is 0 Å². The van der Waals surface area contributed by atoms with Gasteiger partial charge in [-0.3, -0.25) is 9.78 Å². The maximum atomic E-state index is 12.7. The summed E-state index contributed by atoms with van der Waals surface area (Å²) >= 11 is 1.35. The Kier molecular flexibility index (Phi) is 4.80. The molecule has 128 valence electrons. The van der Waals surface area contributed by atoms with Gasteiger partial charge in [-0.15, -0.1) is 11.3 Å². The SMILES string of the molecule is O=C(Cc1csc(-c2ccccn2)n1)Nc1cccc(C(F)(F)F)c1. The number of nitrogens with one attached hydrogen (secondary N) is 1. The lowest BCUT2D eigenvalue weighted by molar-refractivity contribution is -0.137. The number of nitrogens with zero attached hydrogens (tertiary/aromatic N) is 2.